The number of nitrogens with one attached hydrogen (secondary N) is 1. The number of fused-ring (bicyclic) bond motifs is 1. The van der Waals surface area contributed by atoms with E-state index in [-0.39, 0.29) is 41.5 Å². The second-order valence-corrected chi connectivity index (χ2v) is 8.84. The molecule has 1 aromatic carbocycles. The lowest BCUT2D eigenvalue weighted by atomic mass is 9.91. The van der Waals surface area contributed by atoms with Gasteiger partial charge in [0, 0.05) is 17.8 Å². The van der Waals surface area contributed by atoms with Gasteiger partial charge in [-0.05, 0) is 18.1 Å². The molecule has 0 spiro atoms. The number of piperazine rings is 1. The zero-order chi connectivity index (χ0) is 17.5. The molecule has 4 atom stereocenters. The van der Waals surface area contributed by atoms with E-state index in [2.05, 4.69) is 5.32 Å². The van der Waals surface area contributed by atoms with Crippen LogP contribution < -0.4 is 15.0 Å². The van der Waals surface area contributed by atoms with Crippen molar-refractivity contribution in [1.82, 2.24) is 5.32 Å². The van der Waals surface area contributed by atoms with Crippen molar-refractivity contribution in [1.29, 1.82) is 0 Å². The molecule has 6 nitrogen and oxygen atoms in total. The molecule has 132 valence electrons. The van der Waals surface area contributed by atoms with E-state index >= 15 is 0 Å². The van der Waals surface area contributed by atoms with E-state index in [1.54, 1.807) is 18.1 Å². The number of hydrogen-bond acceptors (Lipinski definition) is 5. The summed E-state index contributed by atoms with van der Waals surface area (Å²) in [6.07, 6.45) is 0.847. The van der Waals surface area contributed by atoms with Gasteiger partial charge in [-0.25, -0.2) is 8.42 Å². The highest BCUT2D eigenvalue weighted by Crippen LogP contribution is 2.32. The Bertz CT molecular complexity index is 734. The molecule has 1 aromatic rings. The van der Waals surface area contributed by atoms with E-state index in [0.717, 1.165) is 6.42 Å². The van der Waals surface area contributed by atoms with Gasteiger partial charge in [0.05, 0.1) is 30.7 Å². The first-order valence-electron chi connectivity index (χ1n) is 8.30. The monoisotopic (exact) mass is 352 g/mol. The molecule has 0 saturated carbocycles. The van der Waals surface area contributed by atoms with Crippen LogP contribution in [-0.4, -0.2) is 51.1 Å². The fourth-order valence-corrected chi connectivity index (χ4v) is 5.48. The maximum absolute atomic E-state index is 13.1. The molecule has 1 amide bonds. The number of carbonyl (C=O) groups is 1. The number of hydrogen-bond donors (Lipinski definition) is 1. The number of carbonyl (C=O) groups excluding carboxylic acids is 1. The van der Waals surface area contributed by atoms with Gasteiger partial charge in [0.2, 0.25) is 5.91 Å². The van der Waals surface area contributed by atoms with Gasteiger partial charge < -0.3 is 9.64 Å². The largest absolute Gasteiger partial charge is 0.497 e. The highest BCUT2D eigenvalue weighted by Gasteiger charge is 2.50. The van der Waals surface area contributed by atoms with Crippen LogP contribution in [0, 0.1) is 5.92 Å². The van der Waals surface area contributed by atoms with E-state index in [1.807, 2.05) is 32.0 Å². The lowest BCUT2D eigenvalue weighted by Crippen LogP contribution is -2.66. The van der Waals surface area contributed by atoms with Crippen molar-refractivity contribution in [2.75, 3.05) is 23.5 Å². The normalized spacial score (nSPS) is 30.0. The molecule has 3 rings (SSSR count). The molecule has 0 radical (unpaired) electrons. The second-order valence-electron chi connectivity index (χ2n) is 6.69. The Morgan fingerprint density at radius 1 is 1.38 bits per heavy atom. The van der Waals surface area contributed by atoms with E-state index in [9.17, 15) is 13.2 Å². The Hall–Kier alpha value is -1.60. The first kappa shape index (κ1) is 17.2. The molecule has 24 heavy (non-hydrogen) atoms. The van der Waals surface area contributed by atoms with Gasteiger partial charge in [-0.2, -0.15) is 0 Å². The Morgan fingerprint density at radius 3 is 2.79 bits per heavy atom. The van der Waals surface area contributed by atoms with Crippen LogP contribution in [0.1, 0.15) is 20.3 Å². The first-order chi connectivity index (χ1) is 11.4. The fraction of sp³-hybridized carbons (Fsp3) is 0.588. The quantitative estimate of drug-likeness (QED) is 0.882. The van der Waals surface area contributed by atoms with Gasteiger partial charge in [0.15, 0.2) is 9.84 Å². The van der Waals surface area contributed by atoms with Gasteiger partial charge in [0.1, 0.15) is 5.75 Å². The number of nitrogens with zero attached hydrogens (tertiary/aromatic N) is 1. The number of amides is 1. The van der Waals surface area contributed by atoms with Gasteiger partial charge in [0.25, 0.3) is 0 Å². The summed E-state index contributed by atoms with van der Waals surface area (Å²) in [5, 5.41) is 3.30. The number of benzene rings is 1. The molecular weight excluding hydrogens is 328 g/mol. The summed E-state index contributed by atoms with van der Waals surface area (Å²) in [5.41, 5.74) is 0.696. The minimum absolute atomic E-state index is 0.000836. The lowest BCUT2D eigenvalue weighted by Gasteiger charge is -2.43. The number of methoxy groups -OCH3 is 1. The standard InChI is InChI=1S/C17H24N2O4S/c1-4-11(2)16-17(20)19(12-6-5-7-13(8-12)23-3)15-10-24(21,22)9-14(15)18-16/h5-8,11,14-16,18H,4,9-10H2,1-3H3/t11?,14-,15+,16+/m1/s1. The van der Waals surface area contributed by atoms with Crippen LogP contribution in [0.15, 0.2) is 24.3 Å². The van der Waals surface area contributed by atoms with Crippen molar-refractivity contribution >= 4 is 21.4 Å². The molecule has 2 aliphatic heterocycles. The third-order valence-electron chi connectivity index (χ3n) is 5.10. The van der Waals surface area contributed by atoms with Crippen LogP contribution in [0.2, 0.25) is 0 Å². The molecule has 2 saturated heterocycles. The molecule has 0 aliphatic carbocycles. The van der Waals surface area contributed by atoms with Gasteiger partial charge in [-0.1, -0.05) is 26.3 Å². The van der Waals surface area contributed by atoms with Crippen molar-refractivity contribution in [3.05, 3.63) is 24.3 Å². The number of anilines is 1. The van der Waals surface area contributed by atoms with Crippen molar-refractivity contribution in [2.24, 2.45) is 5.92 Å². The summed E-state index contributed by atoms with van der Waals surface area (Å²) in [4.78, 5) is 14.8. The van der Waals surface area contributed by atoms with Gasteiger partial charge in [-0.15, -0.1) is 0 Å². The lowest BCUT2D eigenvalue weighted by molar-refractivity contribution is -0.124. The zero-order valence-electron chi connectivity index (χ0n) is 14.2. The van der Waals surface area contributed by atoms with E-state index in [0.29, 0.717) is 11.4 Å². The van der Waals surface area contributed by atoms with Crippen molar-refractivity contribution in [2.45, 2.75) is 38.4 Å². The van der Waals surface area contributed by atoms with Crippen molar-refractivity contribution in [3.63, 3.8) is 0 Å². The summed E-state index contributed by atoms with van der Waals surface area (Å²) in [7, 11) is -1.58. The summed E-state index contributed by atoms with van der Waals surface area (Å²) in [6, 6.07) is 6.30. The van der Waals surface area contributed by atoms with E-state index in [1.165, 1.54) is 0 Å². The third kappa shape index (κ3) is 3.02. The predicted molar refractivity (Wildman–Crippen MR) is 93.1 cm³/mol. The van der Waals surface area contributed by atoms with E-state index in [4.69, 9.17) is 4.74 Å². The molecule has 7 heteroatoms. The zero-order valence-corrected chi connectivity index (χ0v) is 15.0. The average molecular weight is 352 g/mol. The van der Waals surface area contributed by atoms with Crippen LogP contribution in [0.4, 0.5) is 5.69 Å². The molecule has 0 bridgehead atoms. The molecular formula is C17H24N2O4S. The molecule has 0 aromatic heterocycles. The Kier molecular flexibility index (Phi) is 4.57. The Balaban J connectivity index is 2.03. The number of rotatable bonds is 4. The topological polar surface area (TPSA) is 75.7 Å². The van der Waals surface area contributed by atoms with E-state index < -0.39 is 9.84 Å². The first-order valence-corrected chi connectivity index (χ1v) is 10.1. The SMILES string of the molecule is CCC(C)[C@@H]1N[C@@H]2CS(=O)(=O)C[C@@H]2N(c2cccc(OC)c2)C1=O. The van der Waals surface area contributed by atoms with Crippen LogP contribution in [0.3, 0.4) is 0 Å². The van der Waals surface area contributed by atoms with Crippen LogP contribution in [0.5, 0.6) is 5.75 Å². The Morgan fingerprint density at radius 2 is 2.12 bits per heavy atom. The smallest absolute Gasteiger partial charge is 0.244 e. The third-order valence-corrected chi connectivity index (χ3v) is 6.81. The van der Waals surface area contributed by atoms with Gasteiger partial charge in [-0.3, -0.25) is 10.1 Å². The van der Waals surface area contributed by atoms with Crippen LogP contribution in [0.25, 0.3) is 0 Å². The summed E-state index contributed by atoms with van der Waals surface area (Å²) < 4.78 is 29.6. The number of sulfone groups is 1. The number of ether oxygens (including phenoxy) is 1. The maximum atomic E-state index is 13.1. The highest BCUT2D eigenvalue weighted by atomic mass is 32.2. The second kappa shape index (κ2) is 6.37. The van der Waals surface area contributed by atoms with Crippen molar-refractivity contribution < 1.29 is 17.9 Å². The Labute approximate surface area is 143 Å². The summed E-state index contributed by atoms with van der Waals surface area (Å²) in [5.74, 6) is 0.807. The summed E-state index contributed by atoms with van der Waals surface area (Å²) in [6.45, 7) is 4.05. The molecule has 2 aliphatic rings. The van der Waals surface area contributed by atoms with Crippen LogP contribution in [-0.2, 0) is 14.6 Å². The fourth-order valence-electron chi connectivity index (χ4n) is 3.58. The summed E-state index contributed by atoms with van der Waals surface area (Å²) >= 11 is 0. The minimum atomic E-state index is -3.15. The molecule has 1 N–H and O–H groups in total. The molecule has 2 fully saturated rings. The predicted octanol–water partition coefficient (Wildman–Crippen LogP) is 1.21. The maximum Gasteiger partial charge on any atom is 0.244 e. The highest BCUT2D eigenvalue weighted by molar-refractivity contribution is 7.91. The van der Waals surface area contributed by atoms with Crippen molar-refractivity contribution in [3.8, 4) is 5.75 Å². The van der Waals surface area contributed by atoms with Crippen LogP contribution >= 0.6 is 0 Å². The molecule has 1 unspecified atom stereocenters. The molecule has 2 heterocycles. The minimum Gasteiger partial charge on any atom is -0.497 e. The van der Waals surface area contributed by atoms with Gasteiger partial charge >= 0.3 is 0 Å². The average Bonchev–Trinajstić information content (AvgIpc) is 2.87.